The predicted octanol–water partition coefficient (Wildman–Crippen LogP) is 3.53. The van der Waals surface area contributed by atoms with Crippen molar-refractivity contribution in [1.29, 1.82) is 0 Å². The lowest BCUT2D eigenvalue weighted by atomic mass is 9.85. The third-order valence-electron chi connectivity index (χ3n) is 6.04. The van der Waals surface area contributed by atoms with E-state index >= 15 is 0 Å². The lowest BCUT2D eigenvalue weighted by Crippen LogP contribution is -2.25. The van der Waals surface area contributed by atoms with Crippen LogP contribution >= 0.6 is 0 Å². The van der Waals surface area contributed by atoms with E-state index in [1.807, 2.05) is 49.4 Å². The number of fused-ring (bicyclic) bond motifs is 1. The van der Waals surface area contributed by atoms with Crippen molar-refractivity contribution in [3.63, 3.8) is 0 Å². The van der Waals surface area contributed by atoms with Crippen molar-refractivity contribution in [3.8, 4) is 34.5 Å². The average Bonchev–Trinajstić information content (AvgIpc) is 3.23. The molecule has 0 saturated carbocycles. The summed E-state index contributed by atoms with van der Waals surface area (Å²) >= 11 is 0. The maximum Gasteiger partial charge on any atom is 0.272 e. The van der Waals surface area contributed by atoms with Gasteiger partial charge in [-0.1, -0.05) is 6.07 Å². The van der Waals surface area contributed by atoms with Gasteiger partial charge in [-0.15, -0.1) is 5.10 Å². The molecule has 0 spiro atoms. The fourth-order valence-electron chi connectivity index (χ4n) is 4.35. The van der Waals surface area contributed by atoms with Crippen LogP contribution in [0.2, 0.25) is 0 Å². The molecule has 4 aromatic rings. The van der Waals surface area contributed by atoms with Gasteiger partial charge in [0.1, 0.15) is 23.1 Å². The number of aryl methyl sites for hydroxylation is 1. The molecule has 1 N–H and O–H groups in total. The molecule has 0 bridgehead atoms. The van der Waals surface area contributed by atoms with Gasteiger partial charge >= 0.3 is 0 Å². The highest BCUT2D eigenvalue weighted by atomic mass is 16.5. The highest BCUT2D eigenvalue weighted by molar-refractivity contribution is 5.95. The minimum Gasteiger partial charge on any atom is -0.497 e. The quantitative estimate of drug-likeness (QED) is 0.453. The minimum absolute atomic E-state index is 0.138. The van der Waals surface area contributed by atoms with Crippen molar-refractivity contribution in [2.45, 2.75) is 19.3 Å². The van der Waals surface area contributed by atoms with Gasteiger partial charge in [-0.3, -0.25) is 4.79 Å². The topological polar surface area (TPSA) is 113 Å². The molecule has 2 aromatic heterocycles. The van der Waals surface area contributed by atoms with Crippen LogP contribution < -0.4 is 19.5 Å². The number of carbonyl (C=O) groups excluding carboxylic acids is 1. The maximum atomic E-state index is 12.8. The molecule has 3 heterocycles. The number of ether oxygens (including phenoxy) is 3. The first-order valence-corrected chi connectivity index (χ1v) is 11.0. The first-order chi connectivity index (χ1) is 17.0. The predicted molar refractivity (Wildman–Crippen MR) is 128 cm³/mol. The maximum absolute atomic E-state index is 12.8. The van der Waals surface area contributed by atoms with Gasteiger partial charge in [0.05, 0.1) is 38.9 Å². The molecule has 2 aromatic carbocycles. The molecule has 0 fully saturated rings. The second-order valence-corrected chi connectivity index (χ2v) is 8.04. The number of hydrogen-bond donors (Lipinski definition) is 1. The fourth-order valence-corrected chi connectivity index (χ4v) is 4.35. The molecular weight excluding hydrogens is 448 g/mol. The van der Waals surface area contributed by atoms with Gasteiger partial charge in [0.2, 0.25) is 5.91 Å². The van der Waals surface area contributed by atoms with Crippen LogP contribution in [-0.2, 0) is 4.79 Å². The van der Waals surface area contributed by atoms with Gasteiger partial charge in [0, 0.05) is 35.1 Å². The molecule has 1 aliphatic rings. The van der Waals surface area contributed by atoms with Crippen LogP contribution in [0.4, 0.5) is 5.82 Å². The Hall–Kier alpha value is -4.47. The largest absolute Gasteiger partial charge is 0.497 e. The molecule has 5 rings (SSSR count). The number of rotatable bonds is 6. The van der Waals surface area contributed by atoms with Gasteiger partial charge in [0.15, 0.2) is 0 Å². The number of benzene rings is 2. The van der Waals surface area contributed by atoms with Gasteiger partial charge in [0.25, 0.3) is 5.95 Å². The Kier molecular flexibility index (Phi) is 5.77. The summed E-state index contributed by atoms with van der Waals surface area (Å²) in [6.07, 6.45) is 1.84. The summed E-state index contributed by atoms with van der Waals surface area (Å²) in [4.78, 5) is 17.5. The molecule has 1 amide bonds. The Labute approximate surface area is 201 Å². The van der Waals surface area contributed by atoms with E-state index < -0.39 is 0 Å². The molecule has 0 unspecified atom stereocenters. The van der Waals surface area contributed by atoms with Crippen LogP contribution in [0, 0.1) is 6.92 Å². The van der Waals surface area contributed by atoms with Crippen LogP contribution in [-0.4, -0.2) is 52.2 Å². The standard InChI is InChI=1S/C25H24N6O4/c1-14-23-19(18-10-9-17(34-3)11-21(18)35-4)12-22(32)28-24(23)31(30-14)25-27-20(13-26-29-25)15-5-7-16(33-2)8-6-15/h5-11,13,19H,12H2,1-4H3,(H,28,32)/t19-/m1/s1. The number of amides is 1. The third-order valence-corrected chi connectivity index (χ3v) is 6.04. The molecule has 0 radical (unpaired) electrons. The van der Waals surface area contributed by atoms with Crippen LogP contribution in [0.25, 0.3) is 17.2 Å². The lowest BCUT2D eigenvalue weighted by Gasteiger charge is -2.25. The second-order valence-electron chi connectivity index (χ2n) is 8.04. The molecule has 10 heteroatoms. The summed E-state index contributed by atoms with van der Waals surface area (Å²) in [6.45, 7) is 1.90. The van der Waals surface area contributed by atoms with Crippen molar-refractivity contribution >= 4 is 11.7 Å². The number of nitrogens with one attached hydrogen (secondary N) is 1. The van der Waals surface area contributed by atoms with Crippen LogP contribution in [0.3, 0.4) is 0 Å². The summed E-state index contributed by atoms with van der Waals surface area (Å²) in [7, 11) is 4.82. The zero-order valence-electron chi connectivity index (χ0n) is 19.8. The molecule has 1 aliphatic heterocycles. The summed E-state index contributed by atoms with van der Waals surface area (Å²) in [5, 5.41) is 16.0. The lowest BCUT2D eigenvalue weighted by molar-refractivity contribution is -0.116. The third kappa shape index (κ3) is 4.03. The van der Waals surface area contributed by atoms with E-state index in [1.165, 1.54) is 4.68 Å². The van der Waals surface area contributed by atoms with E-state index in [1.54, 1.807) is 27.5 Å². The Bertz CT molecular complexity index is 1400. The van der Waals surface area contributed by atoms with E-state index in [0.29, 0.717) is 23.0 Å². The Morgan fingerprint density at radius 1 is 1.00 bits per heavy atom. The minimum atomic E-state index is -0.258. The van der Waals surface area contributed by atoms with Crippen LogP contribution in [0.15, 0.2) is 48.7 Å². The Morgan fingerprint density at radius 2 is 1.74 bits per heavy atom. The fraction of sp³-hybridized carbons (Fsp3) is 0.240. The smallest absolute Gasteiger partial charge is 0.272 e. The first kappa shape index (κ1) is 22.3. The summed E-state index contributed by atoms with van der Waals surface area (Å²) in [5.74, 6) is 2.44. The molecule has 0 saturated heterocycles. The van der Waals surface area contributed by atoms with E-state index in [2.05, 4.69) is 25.6 Å². The highest BCUT2D eigenvalue weighted by Gasteiger charge is 2.35. The van der Waals surface area contributed by atoms with Gasteiger partial charge in [-0.2, -0.15) is 14.9 Å². The van der Waals surface area contributed by atoms with Gasteiger partial charge in [-0.05, 0) is 37.3 Å². The zero-order valence-corrected chi connectivity index (χ0v) is 19.8. The normalized spacial score (nSPS) is 14.7. The molecular formula is C25H24N6O4. The Balaban J connectivity index is 1.59. The van der Waals surface area contributed by atoms with Crippen molar-refractivity contribution < 1.29 is 19.0 Å². The summed E-state index contributed by atoms with van der Waals surface area (Å²) in [6, 6.07) is 13.1. The molecule has 10 nitrogen and oxygen atoms in total. The number of anilines is 1. The summed E-state index contributed by atoms with van der Waals surface area (Å²) < 4.78 is 17.7. The van der Waals surface area contributed by atoms with E-state index in [-0.39, 0.29) is 24.2 Å². The number of methoxy groups -OCH3 is 3. The zero-order chi connectivity index (χ0) is 24.5. The molecule has 1 atom stereocenters. The molecule has 0 aliphatic carbocycles. The molecule has 178 valence electrons. The van der Waals surface area contributed by atoms with E-state index in [4.69, 9.17) is 14.2 Å². The van der Waals surface area contributed by atoms with Crippen molar-refractivity contribution in [3.05, 3.63) is 65.5 Å². The van der Waals surface area contributed by atoms with E-state index in [9.17, 15) is 4.79 Å². The number of aromatic nitrogens is 5. The van der Waals surface area contributed by atoms with Crippen molar-refractivity contribution in [2.24, 2.45) is 0 Å². The summed E-state index contributed by atoms with van der Waals surface area (Å²) in [5.41, 5.74) is 3.98. The number of hydrogen-bond acceptors (Lipinski definition) is 8. The average molecular weight is 473 g/mol. The number of carbonyl (C=O) groups is 1. The Morgan fingerprint density at radius 3 is 2.46 bits per heavy atom. The second kappa shape index (κ2) is 9.05. The van der Waals surface area contributed by atoms with Crippen LogP contribution in [0.5, 0.6) is 17.2 Å². The highest BCUT2D eigenvalue weighted by Crippen LogP contribution is 2.43. The number of nitrogens with zero attached hydrogens (tertiary/aromatic N) is 5. The monoisotopic (exact) mass is 472 g/mol. The van der Waals surface area contributed by atoms with E-state index in [0.717, 1.165) is 28.1 Å². The van der Waals surface area contributed by atoms with Crippen molar-refractivity contribution in [1.82, 2.24) is 25.0 Å². The first-order valence-electron chi connectivity index (χ1n) is 11.0. The van der Waals surface area contributed by atoms with Gasteiger partial charge in [-0.25, -0.2) is 4.98 Å². The van der Waals surface area contributed by atoms with Crippen LogP contribution in [0.1, 0.15) is 29.2 Å². The SMILES string of the molecule is COc1ccc(-c2cnnc(-n3nc(C)c4c3NC(=O)C[C@@H]4c3ccc(OC)cc3OC)n2)cc1. The van der Waals surface area contributed by atoms with Crippen molar-refractivity contribution in [2.75, 3.05) is 26.6 Å². The molecule has 35 heavy (non-hydrogen) atoms. The van der Waals surface area contributed by atoms with Gasteiger partial charge < -0.3 is 19.5 Å².